The molecule has 0 radical (unpaired) electrons. The molecule has 0 spiro atoms. The van der Waals surface area contributed by atoms with Crippen LogP contribution in [0.1, 0.15) is 12.8 Å². The van der Waals surface area contributed by atoms with Crippen molar-refractivity contribution in [3.05, 3.63) is 24.1 Å². The van der Waals surface area contributed by atoms with Crippen LogP contribution in [-0.2, 0) is 4.79 Å². The van der Waals surface area contributed by atoms with Gasteiger partial charge in [0.1, 0.15) is 11.9 Å². The van der Waals surface area contributed by atoms with Crippen molar-refractivity contribution in [2.45, 2.75) is 18.9 Å². The molecule has 1 aromatic heterocycles. The number of halogens is 1. The van der Waals surface area contributed by atoms with Crippen molar-refractivity contribution in [3.63, 3.8) is 0 Å². The fourth-order valence-electron chi connectivity index (χ4n) is 2.04. The fraction of sp³-hybridized carbons (Fsp3) is 0.455. The Morgan fingerprint density at radius 1 is 1.62 bits per heavy atom. The number of rotatable bonds is 2. The highest BCUT2D eigenvalue weighted by molar-refractivity contribution is 5.85. The van der Waals surface area contributed by atoms with E-state index in [0.29, 0.717) is 5.82 Å². The predicted molar refractivity (Wildman–Crippen MR) is 58.6 cm³/mol. The molecule has 0 saturated carbocycles. The first kappa shape index (κ1) is 10.9. The molecule has 0 aromatic carbocycles. The Morgan fingerprint density at radius 2 is 2.44 bits per heavy atom. The molecule has 0 bridgehead atoms. The quantitative estimate of drug-likeness (QED) is 0.759. The van der Waals surface area contributed by atoms with Gasteiger partial charge in [-0.15, -0.1) is 0 Å². The van der Waals surface area contributed by atoms with Crippen LogP contribution in [-0.4, -0.2) is 30.5 Å². The number of carbonyl (C=O) groups is 1. The van der Waals surface area contributed by atoms with Crippen LogP contribution in [0.25, 0.3) is 0 Å². The van der Waals surface area contributed by atoms with Crippen LogP contribution >= 0.6 is 0 Å². The number of hydrogen-bond donors (Lipinski definition) is 1. The Morgan fingerprint density at radius 3 is 3.12 bits per heavy atom. The summed E-state index contributed by atoms with van der Waals surface area (Å²) in [5.74, 6) is -0.0188. The van der Waals surface area contributed by atoms with Crippen molar-refractivity contribution < 1.29 is 9.18 Å². The van der Waals surface area contributed by atoms with Crippen molar-refractivity contribution >= 4 is 11.7 Å². The lowest BCUT2D eigenvalue weighted by Gasteiger charge is -2.24. The Hall–Kier alpha value is -1.65. The minimum Gasteiger partial charge on any atom is -0.357 e. The molecule has 2 rings (SSSR count). The largest absolute Gasteiger partial charge is 0.357 e. The van der Waals surface area contributed by atoms with Gasteiger partial charge in [0.05, 0.1) is 0 Å². The highest BCUT2D eigenvalue weighted by Gasteiger charge is 2.30. The minimum atomic E-state index is -0.514. The molecule has 1 atom stereocenters. The first-order valence-electron chi connectivity index (χ1n) is 5.33. The number of carbonyl (C=O) groups excluding carboxylic acids is 1. The average molecular weight is 223 g/mol. The van der Waals surface area contributed by atoms with Gasteiger partial charge < -0.3 is 10.2 Å². The molecule has 0 aliphatic carbocycles. The van der Waals surface area contributed by atoms with Crippen LogP contribution in [0, 0.1) is 5.95 Å². The molecule has 1 N–H and O–H groups in total. The standard InChI is InChI=1S/C11H14FN3O/c1-13-11(16)8-4-3-7-15(8)10-6-2-5-9(12)14-10/h2,5-6,8H,3-4,7H2,1H3,(H,13,16). The number of likely N-dealkylation sites (N-methyl/N-ethyl adjacent to an activating group) is 1. The van der Waals surface area contributed by atoms with E-state index >= 15 is 0 Å². The molecular weight excluding hydrogens is 209 g/mol. The molecule has 1 aromatic rings. The van der Waals surface area contributed by atoms with Crippen LogP contribution < -0.4 is 10.2 Å². The number of nitrogens with one attached hydrogen (secondary N) is 1. The van der Waals surface area contributed by atoms with Crippen molar-refractivity contribution in [2.24, 2.45) is 0 Å². The van der Waals surface area contributed by atoms with Gasteiger partial charge in [0.25, 0.3) is 0 Å². The highest BCUT2D eigenvalue weighted by atomic mass is 19.1. The van der Waals surface area contributed by atoms with E-state index in [1.807, 2.05) is 4.90 Å². The van der Waals surface area contributed by atoms with Gasteiger partial charge in [0.15, 0.2) is 0 Å². The molecule has 2 heterocycles. The van der Waals surface area contributed by atoms with E-state index in [-0.39, 0.29) is 11.9 Å². The number of aromatic nitrogens is 1. The number of anilines is 1. The summed E-state index contributed by atoms with van der Waals surface area (Å²) >= 11 is 0. The summed E-state index contributed by atoms with van der Waals surface area (Å²) < 4.78 is 13.0. The molecule has 1 aliphatic heterocycles. The van der Waals surface area contributed by atoms with Gasteiger partial charge >= 0.3 is 0 Å². The zero-order valence-corrected chi connectivity index (χ0v) is 9.11. The van der Waals surface area contributed by atoms with Crippen molar-refractivity contribution in [1.29, 1.82) is 0 Å². The summed E-state index contributed by atoms with van der Waals surface area (Å²) in [4.78, 5) is 17.3. The maximum atomic E-state index is 13.0. The molecular formula is C11H14FN3O. The Labute approximate surface area is 93.5 Å². The Bertz CT molecular complexity index is 397. The van der Waals surface area contributed by atoms with E-state index in [1.165, 1.54) is 6.07 Å². The lowest BCUT2D eigenvalue weighted by atomic mass is 10.2. The lowest BCUT2D eigenvalue weighted by molar-refractivity contribution is -0.121. The first-order chi connectivity index (χ1) is 7.72. The molecule has 1 aliphatic rings. The lowest BCUT2D eigenvalue weighted by Crippen LogP contribution is -2.42. The molecule has 1 amide bonds. The van der Waals surface area contributed by atoms with E-state index in [4.69, 9.17) is 0 Å². The SMILES string of the molecule is CNC(=O)C1CCCN1c1cccc(F)n1. The maximum Gasteiger partial charge on any atom is 0.242 e. The van der Waals surface area contributed by atoms with E-state index in [2.05, 4.69) is 10.3 Å². The predicted octanol–water partition coefficient (Wildman–Crippen LogP) is 0.935. The molecule has 86 valence electrons. The van der Waals surface area contributed by atoms with E-state index < -0.39 is 5.95 Å². The second-order valence-electron chi connectivity index (χ2n) is 3.78. The van der Waals surface area contributed by atoms with Gasteiger partial charge in [-0.3, -0.25) is 4.79 Å². The van der Waals surface area contributed by atoms with Gasteiger partial charge in [0.2, 0.25) is 11.9 Å². The number of amides is 1. The molecule has 1 unspecified atom stereocenters. The first-order valence-corrected chi connectivity index (χ1v) is 5.33. The van der Waals surface area contributed by atoms with E-state index in [9.17, 15) is 9.18 Å². The average Bonchev–Trinajstić information content (AvgIpc) is 2.77. The molecule has 5 heteroatoms. The summed E-state index contributed by atoms with van der Waals surface area (Å²) in [5.41, 5.74) is 0. The van der Waals surface area contributed by atoms with Gasteiger partial charge in [-0.05, 0) is 25.0 Å². The third kappa shape index (κ3) is 1.98. The van der Waals surface area contributed by atoms with E-state index in [0.717, 1.165) is 19.4 Å². The second kappa shape index (κ2) is 4.47. The summed E-state index contributed by atoms with van der Waals surface area (Å²) in [6.45, 7) is 0.745. The van der Waals surface area contributed by atoms with Crippen LogP contribution in [0.2, 0.25) is 0 Å². The van der Waals surface area contributed by atoms with Gasteiger partial charge in [-0.25, -0.2) is 4.98 Å². The summed E-state index contributed by atoms with van der Waals surface area (Å²) in [6.07, 6.45) is 1.72. The van der Waals surface area contributed by atoms with Crippen molar-refractivity contribution in [2.75, 3.05) is 18.5 Å². The van der Waals surface area contributed by atoms with Crippen molar-refractivity contribution in [1.82, 2.24) is 10.3 Å². The number of pyridine rings is 1. The van der Waals surface area contributed by atoms with Crippen LogP contribution in [0.3, 0.4) is 0 Å². The second-order valence-corrected chi connectivity index (χ2v) is 3.78. The Kier molecular flexibility index (Phi) is 3.03. The van der Waals surface area contributed by atoms with Crippen molar-refractivity contribution in [3.8, 4) is 0 Å². The van der Waals surface area contributed by atoms with E-state index in [1.54, 1.807) is 19.2 Å². The molecule has 4 nitrogen and oxygen atoms in total. The zero-order valence-electron chi connectivity index (χ0n) is 9.11. The fourth-order valence-corrected chi connectivity index (χ4v) is 2.04. The Balaban J connectivity index is 2.23. The smallest absolute Gasteiger partial charge is 0.242 e. The monoisotopic (exact) mass is 223 g/mol. The summed E-state index contributed by atoms with van der Waals surface area (Å²) in [7, 11) is 1.61. The highest BCUT2D eigenvalue weighted by Crippen LogP contribution is 2.23. The minimum absolute atomic E-state index is 0.0384. The van der Waals surface area contributed by atoms with Gasteiger partial charge in [-0.2, -0.15) is 4.39 Å². The third-order valence-corrected chi connectivity index (χ3v) is 2.80. The van der Waals surface area contributed by atoms with Gasteiger partial charge in [-0.1, -0.05) is 6.07 Å². The van der Waals surface area contributed by atoms with Crippen LogP contribution in [0.4, 0.5) is 10.2 Å². The maximum absolute atomic E-state index is 13.0. The zero-order chi connectivity index (χ0) is 11.5. The summed E-state index contributed by atoms with van der Waals surface area (Å²) in [6, 6.07) is 4.41. The van der Waals surface area contributed by atoms with Crippen LogP contribution in [0.5, 0.6) is 0 Å². The third-order valence-electron chi connectivity index (χ3n) is 2.80. The van der Waals surface area contributed by atoms with Crippen LogP contribution in [0.15, 0.2) is 18.2 Å². The molecule has 1 saturated heterocycles. The molecule has 16 heavy (non-hydrogen) atoms. The summed E-state index contributed by atoms with van der Waals surface area (Å²) in [5, 5.41) is 2.62. The molecule has 1 fully saturated rings. The number of nitrogens with zero attached hydrogens (tertiary/aromatic N) is 2. The normalized spacial score (nSPS) is 19.9. The van der Waals surface area contributed by atoms with Gasteiger partial charge in [0, 0.05) is 13.6 Å². The topological polar surface area (TPSA) is 45.2 Å². The number of hydrogen-bond acceptors (Lipinski definition) is 3.